The highest BCUT2D eigenvalue weighted by Gasteiger charge is 2.27. The van der Waals surface area contributed by atoms with Crippen LogP contribution in [0.3, 0.4) is 0 Å². The third-order valence-corrected chi connectivity index (χ3v) is 3.95. The molecule has 1 aromatic heterocycles. The Balaban J connectivity index is 2.03. The van der Waals surface area contributed by atoms with Crippen LogP contribution in [0, 0.1) is 6.92 Å². The molecule has 84 valence electrons. The van der Waals surface area contributed by atoms with E-state index in [9.17, 15) is 0 Å². The Kier molecular flexibility index (Phi) is 2.08. The van der Waals surface area contributed by atoms with Crippen LogP contribution in [0.2, 0.25) is 0 Å². The van der Waals surface area contributed by atoms with Gasteiger partial charge in [-0.15, -0.1) is 0 Å². The molecule has 1 aliphatic rings. The first-order valence-corrected chi connectivity index (χ1v) is 5.96. The molecule has 0 atom stereocenters. The van der Waals surface area contributed by atoms with Gasteiger partial charge in [0.25, 0.3) is 0 Å². The molecule has 0 radical (unpaired) electrons. The lowest BCUT2D eigenvalue weighted by molar-refractivity contribution is 0.352. The average molecular weight is 214 g/mol. The smallest absolute Gasteiger partial charge is 0.0479 e. The Hall–Kier alpha value is -1.28. The summed E-state index contributed by atoms with van der Waals surface area (Å²) in [5, 5.41) is 1.36. The van der Waals surface area contributed by atoms with Crippen LogP contribution in [-0.4, -0.2) is 10.6 Å². The number of aryl methyl sites for hydroxylation is 2. The minimum Gasteiger partial charge on any atom is -0.348 e. The monoisotopic (exact) mass is 214 g/mol. The zero-order chi connectivity index (χ0) is 11.3. The maximum absolute atomic E-state index is 5.84. The normalized spacial score (nSPS) is 24.7. The lowest BCUT2D eigenvalue weighted by Crippen LogP contribution is -2.34. The molecule has 0 amide bonds. The van der Waals surface area contributed by atoms with Gasteiger partial charge in [-0.25, -0.2) is 0 Å². The van der Waals surface area contributed by atoms with Gasteiger partial charge in [-0.1, -0.05) is 6.07 Å². The Morgan fingerprint density at radius 1 is 1.25 bits per heavy atom. The van der Waals surface area contributed by atoms with Crippen LogP contribution < -0.4 is 5.73 Å². The number of aromatic nitrogens is 1. The van der Waals surface area contributed by atoms with Gasteiger partial charge in [-0.3, -0.25) is 0 Å². The van der Waals surface area contributed by atoms with Crippen LogP contribution in [0.5, 0.6) is 0 Å². The second-order valence-electron chi connectivity index (χ2n) is 5.09. The standard InChI is InChI=1S/C14H18N2/c1-9-5-12-6-10(11-7-13(15)8-11)3-4-14(12)16(9)2/h3-6,11,13H,7-8,15H2,1-2H3. The largest absolute Gasteiger partial charge is 0.348 e. The van der Waals surface area contributed by atoms with Gasteiger partial charge < -0.3 is 10.3 Å². The van der Waals surface area contributed by atoms with Crippen molar-refractivity contribution in [3.05, 3.63) is 35.5 Å². The molecule has 2 aromatic rings. The molecule has 1 aliphatic carbocycles. The third-order valence-electron chi connectivity index (χ3n) is 3.95. The quantitative estimate of drug-likeness (QED) is 0.777. The Morgan fingerprint density at radius 2 is 2.00 bits per heavy atom. The van der Waals surface area contributed by atoms with E-state index in [4.69, 9.17) is 5.73 Å². The summed E-state index contributed by atoms with van der Waals surface area (Å²) in [7, 11) is 2.12. The molecular weight excluding hydrogens is 196 g/mol. The topological polar surface area (TPSA) is 30.9 Å². The van der Waals surface area contributed by atoms with Crippen molar-refractivity contribution in [3.8, 4) is 0 Å². The van der Waals surface area contributed by atoms with Gasteiger partial charge in [0.05, 0.1) is 0 Å². The first-order chi connectivity index (χ1) is 7.65. The molecule has 1 saturated carbocycles. The van der Waals surface area contributed by atoms with Crippen LogP contribution >= 0.6 is 0 Å². The summed E-state index contributed by atoms with van der Waals surface area (Å²) in [6.07, 6.45) is 2.30. The summed E-state index contributed by atoms with van der Waals surface area (Å²) in [6, 6.07) is 9.52. The zero-order valence-electron chi connectivity index (χ0n) is 9.90. The summed E-state index contributed by atoms with van der Waals surface area (Å²) >= 11 is 0. The van der Waals surface area contributed by atoms with Crippen LogP contribution in [0.25, 0.3) is 10.9 Å². The van der Waals surface area contributed by atoms with Gasteiger partial charge in [-0.05, 0) is 49.4 Å². The van der Waals surface area contributed by atoms with Crippen LogP contribution in [0.1, 0.15) is 30.0 Å². The lowest BCUT2D eigenvalue weighted by Gasteiger charge is -2.32. The van der Waals surface area contributed by atoms with Gasteiger partial charge in [0.2, 0.25) is 0 Å². The predicted octanol–water partition coefficient (Wildman–Crippen LogP) is 2.69. The molecule has 3 rings (SSSR count). The molecular formula is C14H18N2. The van der Waals surface area contributed by atoms with Gasteiger partial charge in [-0.2, -0.15) is 0 Å². The van der Waals surface area contributed by atoms with Crippen molar-refractivity contribution < 1.29 is 0 Å². The Morgan fingerprint density at radius 3 is 2.69 bits per heavy atom. The highest BCUT2D eigenvalue weighted by Crippen LogP contribution is 2.36. The maximum atomic E-state index is 5.84. The molecule has 0 saturated heterocycles. The van der Waals surface area contributed by atoms with E-state index in [1.54, 1.807) is 0 Å². The van der Waals surface area contributed by atoms with E-state index in [2.05, 4.69) is 42.8 Å². The first-order valence-electron chi connectivity index (χ1n) is 5.96. The molecule has 0 aliphatic heterocycles. The zero-order valence-corrected chi connectivity index (χ0v) is 9.90. The highest BCUT2D eigenvalue weighted by molar-refractivity contribution is 5.82. The van der Waals surface area contributed by atoms with Gasteiger partial charge >= 0.3 is 0 Å². The molecule has 1 heterocycles. The van der Waals surface area contributed by atoms with E-state index in [1.165, 1.54) is 22.2 Å². The van der Waals surface area contributed by atoms with E-state index in [-0.39, 0.29) is 0 Å². The van der Waals surface area contributed by atoms with Gasteiger partial charge in [0, 0.05) is 29.7 Å². The molecule has 0 bridgehead atoms. The summed E-state index contributed by atoms with van der Waals surface area (Å²) < 4.78 is 2.24. The molecule has 0 unspecified atom stereocenters. The Bertz CT molecular complexity index is 533. The SMILES string of the molecule is Cc1cc2cc(C3CC(N)C3)ccc2n1C. The van der Waals surface area contributed by atoms with Crippen LogP contribution in [0.15, 0.2) is 24.3 Å². The molecule has 0 spiro atoms. The maximum Gasteiger partial charge on any atom is 0.0479 e. The van der Waals surface area contributed by atoms with E-state index in [1.807, 2.05) is 0 Å². The predicted molar refractivity (Wildman–Crippen MR) is 67.6 cm³/mol. The molecule has 1 fully saturated rings. The first kappa shape index (κ1) is 9.91. The van der Waals surface area contributed by atoms with Crippen molar-refractivity contribution in [3.63, 3.8) is 0 Å². The number of fused-ring (bicyclic) bond motifs is 1. The summed E-state index contributed by atoms with van der Waals surface area (Å²) in [4.78, 5) is 0. The van der Waals surface area contributed by atoms with Gasteiger partial charge in [0.1, 0.15) is 0 Å². The fraction of sp³-hybridized carbons (Fsp3) is 0.429. The number of hydrogen-bond donors (Lipinski definition) is 1. The van der Waals surface area contributed by atoms with Crippen molar-refractivity contribution >= 4 is 10.9 Å². The second kappa shape index (κ2) is 3.36. The average Bonchev–Trinajstić information content (AvgIpc) is 2.50. The number of nitrogens with two attached hydrogens (primary N) is 1. The summed E-state index contributed by atoms with van der Waals surface area (Å²) in [5.74, 6) is 0.694. The van der Waals surface area contributed by atoms with Gasteiger partial charge in [0.15, 0.2) is 0 Å². The fourth-order valence-corrected chi connectivity index (χ4v) is 2.69. The molecule has 2 heteroatoms. The second-order valence-corrected chi connectivity index (χ2v) is 5.09. The minimum atomic E-state index is 0.429. The minimum absolute atomic E-state index is 0.429. The number of rotatable bonds is 1. The number of benzene rings is 1. The molecule has 1 aromatic carbocycles. The summed E-state index contributed by atoms with van der Waals surface area (Å²) in [5.41, 5.74) is 9.94. The van der Waals surface area contributed by atoms with E-state index >= 15 is 0 Å². The van der Waals surface area contributed by atoms with Crippen molar-refractivity contribution in [2.24, 2.45) is 12.8 Å². The number of hydrogen-bond acceptors (Lipinski definition) is 1. The van der Waals surface area contributed by atoms with Crippen molar-refractivity contribution in [1.29, 1.82) is 0 Å². The van der Waals surface area contributed by atoms with Crippen molar-refractivity contribution in [2.75, 3.05) is 0 Å². The number of nitrogens with zero attached hydrogens (tertiary/aromatic N) is 1. The fourth-order valence-electron chi connectivity index (χ4n) is 2.69. The molecule has 2 N–H and O–H groups in total. The Labute approximate surface area is 96.1 Å². The van der Waals surface area contributed by atoms with E-state index < -0.39 is 0 Å². The van der Waals surface area contributed by atoms with Crippen LogP contribution in [0.4, 0.5) is 0 Å². The summed E-state index contributed by atoms with van der Waals surface area (Å²) in [6.45, 7) is 2.15. The molecule has 2 nitrogen and oxygen atoms in total. The lowest BCUT2D eigenvalue weighted by atomic mass is 9.76. The van der Waals surface area contributed by atoms with E-state index in [0.717, 1.165) is 12.8 Å². The molecule has 16 heavy (non-hydrogen) atoms. The third kappa shape index (κ3) is 1.37. The van der Waals surface area contributed by atoms with E-state index in [0.29, 0.717) is 12.0 Å². The van der Waals surface area contributed by atoms with Crippen molar-refractivity contribution in [1.82, 2.24) is 4.57 Å². The van der Waals surface area contributed by atoms with Crippen LogP contribution in [-0.2, 0) is 7.05 Å². The van der Waals surface area contributed by atoms with Crippen molar-refractivity contribution in [2.45, 2.75) is 31.7 Å². The highest BCUT2D eigenvalue weighted by atomic mass is 14.9.